The molecule has 1 fully saturated rings. The van der Waals surface area contributed by atoms with E-state index in [0.717, 1.165) is 5.56 Å². The van der Waals surface area contributed by atoms with Crippen LogP contribution in [0.3, 0.4) is 0 Å². The molecule has 3 unspecified atom stereocenters. The monoisotopic (exact) mass is 322 g/mol. The summed E-state index contributed by atoms with van der Waals surface area (Å²) in [5.74, 6) is -2.48. The van der Waals surface area contributed by atoms with Gasteiger partial charge in [0.05, 0.1) is 12.3 Å². The second kappa shape index (κ2) is 6.87. The zero-order chi connectivity index (χ0) is 16.3. The minimum Gasteiger partial charge on any atom is -0.481 e. The Bertz CT molecular complexity index is 602. The zero-order valence-corrected chi connectivity index (χ0v) is 13.3. The standard InChI is InChI=1S/C16H18O5S/c1-9-5-13(17)12(7-11-3-4-22-8-11)15(9)21-16(20)10(2)6-14(18)19/h3-4,7-10,15H,5-6H2,1-2H3,(H,18,19). The Morgan fingerprint density at radius 2 is 2.27 bits per heavy atom. The first-order valence-electron chi connectivity index (χ1n) is 7.07. The van der Waals surface area contributed by atoms with E-state index >= 15 is 0 Å². The van der Waals surface area contributed by atoms with Gasteiger partial charge in [-0.2, -0.15) is 11.3 Å². The fourth-order valence-corrected chi connectivity index (χ4v) is 3.07. The number of carboxylic acid groups (broad SMARTS) is 1. The molecule has 1 aromatic rings. The molecule has 0 aliphatic heterocycles. The van der Waals surface area contributed by atoms with Gasteiger partial charge in [-0.25, -0.2) is 0 Å². The number of rotatable bonds is 5. The van der Waals surface area contributed by atoms with Crippen LogP contribution >= 0.6 is 11.3 Å². The van der Waals surface area contributed by atoms with E-state index in [0.29, 0.717) is 12.0 Å². The second-order valence-corrected chi connectivity index (χ2v) is 6.40. The van der Waals surface area contributed by atoms with E-state index in [-0.39, 0.29) is 18.1 Å². The molecule has 2 rings (SSSR count). The predicted molar refractivity (Wildman–Crippen MR) is 82.4 cm³/mol. The van der Waals surface area contributed by atoms with Crippen molar-refractivity contribution in [2.75, 3.05) is 0 Å². The quantitative estimate of drug-likeness (QED) is 0.666. The fraction of sp³-hybridized carbons (Fsp3) is 0.438. The van der Waals surface area contributed by atoms with Crippen LogP contribution in [0.5, 0.6) is 0 Å². The molecule has 1 aliphatic carbocycles. The van der Waals surface area contributed by atoms with Crippen molar-refractivity contribution in [3.05, 3.63) is 28.0 Å². The third kappa shape index (κ3) is 3.82. The smallest absolute Gasteiger partial charge is 0.309 e. The van der Waals surface area contributed by atoms with Gasteiger partial charge in [0.2, 0.25) is 0 Å². The van der Waals surface area contributed by atoms with Gasteiger partial charge in [-0.15, -0.1) is 0 Å². The zero-order valence-electron chi connectivity index (χ0n) is 12.4. The number of hydrogen-bond acceptors (Lipinski definition) is 5. The lowest BCUT2D eigenvalue weighted by Crippen LogP contribution is -2.27. The van der Waals surface area contributed by atoms with Gasteiger partial charge in [-0.05, 0) is 28.5 Å². The number of ether oxygens (including phenoxy) is 1. The molecule has 1 saturated carbocycles. The van der Waals surface area contributed by atoms with E-state index in [4.69, 9.17) is 9.84 Å². The number of thiophene rings is 1. The third-order valence-corrected chi connectivity index (χ3v) is 4.35. The van der Waals surface area contributed by atoms with Crippen molar-refractivity contribution in [3.8, 4) is 0 Å². The second-order valence-electron chi connectivity index (χ2n) is 5.62. The summed E-state index contributed by atoms with van der Waals surface area (Å²) in [6, 6.07) is 1.89. The van der Waals surface area contributed by atoms with Crippen LogP contribution in [0.25, 0.3) is 6.08 Å². The van der Waals surface area contributed by atoms with Gasteiger partial charge in [0.25, 0.3) is 0 Å². The van der Waals surface area contributed by atoms with Crippen LogP contribution < -0.4 is 0 Å². The minimum absolute atomic E-state index is 0.0256. The highest BCUT2D eigenvalue weighted by Gasteiger charge is 2.38. The van der Waals surface area contributed by atoms with E-state index in [1.54, 1.807) is 6.08 Å². The highest BCUT2D eigenvalue weighted by molar-refractivity contribution is 7.08. The van der Waals surface area contributed by atoms with Crippen molar-refractivity contribution >= 4 is 35.1 Å². The van der Waals surface area contributed by atoms with Crippen LogP contribution in [-0.4, -0.2) is 28.9 Å². The van der Waals surface area contributed by atoms with Crippen LogP contribution in [0.1, 0.15) is 32.3 Å². The molecule has 5 nitrogen and oxygen atoms in total. The van der Waals surface area contributed by atoms with Crippen molar-refractivity contribution in [2.24, 2.45) is 11.8 Å². The van der Waals surface area contributed by atoms with Gasteiger partial charge in [0, 0.05) is 17.9 Å². The number of Topliss-reactive ketones (excluding diaryl/α,β-unsaturated/α-hetero) is 1. The molecule has 1 heterocycles. The molecule has 0 bridgehead atoms. The Kier molecular flexibility index (Phi) is 5.13. The molecule has 22 heavy (non-hydrogen) atoms. The van der Waals surface area contributed by atoms with Crippen LogP contribution in [0.4, 0.5) is 0 Å². The van der Waals surface area contributed by atoms with Gasteiger partial charge < -0.3 is 9.84 Å². The van der Waals surface area contributed by atoms with Crippen LogP contribution in [0.15, 0.2) is 22.4 Å². The molecule has 1 aliphatic rings. The highest BCUT2D eigenvalue weighted by atomic mass is 32.1. The molecule has 1 N–H and O–H groups in total. The summed E-state index contributed by atoms with van der Waals surface area (Å²) in [5, 5.41) is 12.6. The lowest BCUT2D eigenvalue weighted by Gasteiger charge is -2.19. The summed E-state index contributed by atoms with van der Waals surface area (Å²) >= 11 is 1.52. The Hall–Kier alpha value is -1.95. The van der Waals surface area contributed by atoms with Gasteiger partial charge in [-0.3, -0.25) is 14.4 Å². The fourth-order valence-electron chi connectivity index (χ4n) is 2.45. The van der Waals surface area contributed by atoms with E-state index in [2.05, 4.69) is 0 Å². The summed E-state index contributed by atoms with van der Waals surface area (Å²) in [6.07, 6.45) is 1.21. The molecular formula is C16H18O5S. The first-order valence-corrected chi connectivity index (χ1v) is 8.02. The van der Waals surface area contributed by atoms with Gasteiger partial charge >= 0.3 is 11.9 Å². The van der Waals surface area contributed by atoms with Crippen LogP contribution in [-0.2, 0) is 19.1 Å². The summed E-state index contributed by atoms with van der Waals surface area (Å²) in [7, 11) is 0. The molecule has 118 valence electrons. The van der Waals surface area contributed by atoms with Crippen LogP contribution in [0.2, 0.25) is 0 Å². The maximum absolute atomic E-state index is 12.1. The number of hydrogen-bond donors (Lipinski definition) is 1. The Labute approximate surface area is 132 Å². The summed E-state index contributed by atoms with van der Waals surface area (Å²) in [4.78, 5) is 34.8. The van der Waals surface area contributed by atoms with Crippen molar-refractivity contribution in [3.63, 3.8) is 0 Å². The normalized spacial score (nSPS) is 24.5. The summed E-state index contributed by atoms with van der Waals surface area (Å²) < 4.78 is 5.43. The lowest BCUT2D eigenvalue weighted by atomic mass is 10.0. The van der Waals surface area contributed by atoms with E-state index in [9.17, 15) is 14.4 Å². The molecule has 3 atom stereocenters. The Balaban J connectivity index is 2.14. The predicted octanol–water partition coefficient (Wildman–Crippen LogP) is 2.76. The number of ketones is 1. The molecule has 6 heteroatoms. The molecule has 0 saturated heterocycles. The summed E-state index contributed by atoms with van der Waals surface area (Å²) in [6.45, 7) is 3.37. The number of carbonyl (C=O) groups excluding carboxylic acids is 2. The number of esters is 1. The maximum Gasteiger partial charge on any atom is 0.309 e. The highest BCUT2D eigenvalue weighted by Crippen LogP contribution is 2.32. The first-order chi connectivity index (χ1) is 10.4. The van der Waals surface area contributed by atoms with Crippen molar-refractivity contribution in [2.45, 2.75) is 32.8 Å². The molecular weight excluding hydrogens is 304 g/mol. The van der Waals surface area contributed by atoms with E-state index in [1.165, 1.54) is 18.3 Å². The molecule has 0 spiro atoms. The van der Waals surface area contributed by atoms with E-state index < -0.39 is 24.0 Å². The number of carbonyl (C=O) groups is 3. The average Bonchev–Trinajstić information content (AvgIpc) is 3.01. The molecule has 1 aromatic heterocycles. The lowest BCUT2D eigenvalue weighted by molar-refractivity contribution is -0.156. The van der Waals surface area contributed by atoms with Gasteiger partial charge in [-0.1, -0.05) is 13.8 Å². The average molecular weight is 322 g/mol. The van der Waals surface area contributed by atoms with Crippen LogP contribution in [0, 0.1) is 11.8 Å². The number of carboxylic acids is 1. The minimum atomic E-state index is -1.05. The SMILES string of the molecule is CC(CC(=O)O)C(=O)OC1C(=Cc2ccsc2)C(=O)CC1C. The Morgan fingerprint density at radius 3 is 2.86 bits per heavy atom. The topological polar surface area (TPSA) is 80.7 Å². The summed E-state index contributed by atoms with van der Waals surface area (Å²) in [5.41, 5.74) is 1.39. The Morgan fingerprint density at radius 1 is 1.55 bits per heavy atom. The first kappa shape index (κ1) is 16.4. The number of aliphatic carboxylic acids is 1. The largest absolute Gasteiger partial charge is 0.481 e. The van der Waals surface area contributed by atoms with Gasteiger partial charge in [0.1, 0.15) is 6.10 Å². The molecule has 0 radical (unpaired) electrons. The van der Waals surface area contributed by atoms with Crippen molar-refractivity contribution in [1.82, 2.24) is 0 Å². The molecule has 0 amide bonds. The maximum atomic E-state index is 12.1. The van der Waals surface area contributed by atoms with Crippen molar-refractivity contribution < 1.29 is 24.2 Å². The van der Waals surface area contributed by atoms with Gasteiger partial charge in [0.15, 0.2) is 5.78 Å². The van der Waals surface area contributed by atoms with Crippen molar-refractivity contribution in [1.29, 1.82) is 0 Å². The molecule has 0 aromatic carbocycles. The van der Waals surface area contributed by atoms with E-state index in [1.807, 2.05) is 23.8 Å². The third-order valence-electron chi connectivity index (χ3n) is 3.64.